The topological polar surface area (TPSA) is 79.4 Å². The molecule has 0 aliphatic carbocycles. The SMILES string of the molecule is COc1ccc(N2CC(CSC(=N)N)CC2=O)cc1. The Morgan fingerprint density at radius 1 is 1.53 bits per heavy atom. The summed E-state index contributed by atoms with van der Waals surface area (Å²) in [4.78, 5) is 13.8. The summed E-state index contributed by atoms with van der Waals surface area (Å²) < 4.78 is 5.10. The number of benzene rings is 1. The number of ether oxygens (including phenoxy) is 1. The second-order valence-electron chi connectivity index (χ2n) is 4.45. The molecule has 0 aromatic heterocycles. The van der Waals surface area contributed by atoms with Gasteiger partial charge in [-0.05, 0) is 30.2 Å². The Morgan fingerprint density at radius 2 is 2.21 bits per heavy atom. The summed E-state index contributed by atoms with van der Waals surface area (Å²) in [7, 11) is 1.62. The van der Waals surface area contributed by atoms with E-state index in [4.69, 9.17) is 15.9 Å². The van der Waals surface area contributed by atoms with Crippen LogP contribution in [-0.2, 0) is 4.79 Å². The van der Waals surface area contributed by atoms with Crippen LogP contribution in [0.25, 0.3) is 0 Å². The normalized spacial score (nSPS) is 18.7. The first-order chi connectivity index (χ1) is 9.10. The maximum atomic E-state index is 12.0. The number of nitrogens with one attached hydrogen (secondary N) is 1. The minimum atomic E-state index is 0.107. The molecule has 1 aliphatic rings. The molecule has 0 radical (unpaired) electrons. The number of carbonyl (C=O) groups excluding carboxylic acids is 1. The molecule has 3 N–H and O–H groups in total. The van der Waals surface area contributed by atoms with Gasteiger partial charge in [0.25, 0.3) is 0 Å². The van der Waals surface area contributed by atoms with Crippen molar-refractivity contribution in [2.75, 3.05) is 24.3 Å². The van der Waals surface area contributed by atoms with E-state index in [1.54, 1.807) is 12.0 Å². The second kappa shape index (κ2) is 5.97. The van der Waals surface area contributed by atoms with Gasteiger partial charge in [0.15, 0.2) is 5.17 Å². The molecule has 0 saturated carbocycles. The van der Waals surface area contributed by atoms with Gasteiger partial charge in [0.05, 0.1) is 7.11 Å². The van der Waals surface area contributed by atoms with Crippen LogP contribution < -0.4 is 15.4 Å². The summed E-state index contributed by atoms with van der Waals surface area (Å²) >= 11 is 1.30. The minimum absolute atomic E-state index is 0.107. The van der Waals surface area contributed by atoms with Gasteiger partial charge < -0.3 is 15.4 Å². The summed E-state index contributed by atoms with van der Waals surface area (Å²) in [6, 6.07) is 7.47. The number of hydrogen-bond donors (Lipinski definition) is 2. The van der Waals surface area contributed by atoms with Crippen LogP contribution in [-0.4, -0.2) is 30.5 Å². The highest BCUT2D eigenvalue weighted by atomic mass is 32.2. The van der Waals surface area contributed by atoms with Crippen molar-refractivity contribution in [1.82, 2.24) is 0 Å². The molecule has 1 heterocycles. The molecule has 0 bridgehead atoms. The number of nitrogens with two attached hydrogens (primary N) is 1. The number of hydrogen-bond acceptors (Lipinski definition) is 4. The zero-order valence-corrected chi connectivity index (χ0v) is 11.6. The largest absolute Gasteiger partial charge is 0.497 e. The van der Waals surface area contributed by atoms with E-state index >= 15 is 0 Å². The highest BCUT2D eigenvalue weighted by molar-refractivity contribution is 8.13. The lowest BCUT2D eigenvalue weighted by molar-refractivity contribution is -0.117. The number of methoxy groups -OCH3 is 1. The van der Waals surface area contributed by atoms with Gasteiger partial charge in [0.1, 0.15) is 5.75 Å². The fraction of sp³-hybridized carbons (Fsp3) is 0.385. The average molecular weight is 279 g/mol. The average Bonchev–Trinajstić information content (AvgIpc) is 2.78. The minimum Gasteiger partial charge on any atom is -0.497 e. The molecule has 6 heteroatoms. The molecule has 1 saturated heterocycles. The summed E-state index contributed by atoms with van der Waals surface area (Å²) in [5.41, 5.74) is 6.21. The monoisotopic (exact) mass is 279 g/mol. The van der Waals surface area contributed by atoms with Crippen molar-refractivity contribution in [1.29, 1.82) is 5.41 Å². The van der Waals surface area contributed by atoms with E-state index in [1.807, 2.05) is 24.3 Å². The second-order valence-corrected chi connectivity index (χ2v) is 5.51. The molecule has 2 rings (SSSR count). The maximum Gasteiger partial charge on any atom is 0.227 e. The predicted octanol–water partition coefficient (Wildman–Crippen LogP) is 1.67. The van der Waals surface area contributed by atoms with Gasteiger partial charge in [-0.2, -0.15) is 0 Å². The van der Waals surface area contributed by atoms with Crippen LogP contribution in [0.2, 0.25) is 0 Å². The third-order valence-electron chi connectivity index (χ3n) is 3.06. The van der Waals surface area contributed by atoms with Crippen LogP contribution in [0.15, 0.2) is 24.3 Å². The molecule has 1 fully saturated rings. The molecule has 1 amide bonds. The van der Waals surface area contributed by atoms with Crippen molar-refractivity contribution < 1.29 is 9.53 Å². The van der Waals surface area contributed by atoms with E-state index in [-0.39, 0.29) is 17.0 Å². The van der Waals surface area contributed by atoms with Crippen LogP contribution >= 0.6 is 11.8 Å². The summed E-state index contributed by atoms with van der Waals surface area (Å²) in [6.45, 7) is 0.686. The predicted molar refractivity (Wildman–Crippen MR) is 77.8 cm³/mol. The highest BCUT2D eigenvalue weighted by Gasteiger charge is 2.30. The molecule has 1 unspecified atom stereocenters. The first kappa shape index (κ1) is 13.7. The van der Waals surface area contributed by atoms with Gasteiger partial charge in [-0.15, -0.1) is 0 Å². The molecule has 0 spiro atoms. The third kappa shape index (κ3) is 3.41. The molecule has 1 aromatic rings. The van der Waals surface area contributed by atoms with Gasteiger partial charge in [0, 0.05) is 24.4 Å². The van der Waals surface area contributed by atoms with Crippen LogP contribution in [0.5, 0.6) is 5.75 Å². The zero-order chi connectivity index (χ0) is 13.8. The molecular formula is C13H17N3O2S. The molecule has 1 aliphatic heterocycles. The number of carbonyl (C=O) groups is 1. The number of amides is 1. The first-order valence-electron chi connectivity index (χ1n) is 6.01. The van der Waals surface area contributed by atoms with Gasteiger partial charge in [-0.1, -0.05) is 11.8 Å². The van der Waals surface area contributed by atoms with Gasteiger partial charge in [-0.25, -0.2) is 0 Å². The fourth-order valence-electron chi connectivity index (χ4n) is 2.11. The van der Waals surface area contributed by atoms with E-state index in [0.29, 0.717) is 18.7 Å². The number of thioether (sulfide) groups is 1. The number of rotatable bonds is 4. The molecule has 1 aromatic carbocycles. The van der Waals surface area contributed by atoms with E-state index in [9.17, 15) is 4.79 Å². The van der Waals surface area contributed by atoms with Gasteiger partial charge in [0.2, 0.25) is 5.91 Å². The lowest BCUT2D eigenvalue weighted by Crippen LogP contribution is -2.24. The number of amidine groups is 1. The Bertz CT molecular complexity index is 475. The Labute approximate surface area is 116 Å². The van der Waals surface area contributed by atoms with Gasteiger partial charge >= 0.3 is 0 Å². The van der Waals surface area contributed by atoms with Crippen LogP contribution in [0.4, 0.5) is 5.69 Å². The molecule has 1 atom stereocenters. The van der Waals surface area contributed by atoms with E-state index in [0.717, 1.165) is 11.4 Å². The molecular weight excluding hydrogens is 262 g/mol. The smallest absolute Gasteiger partial charge is 0.227 e. The quantitative estimate of drug-likeness (QED) is 0.649. The summed E-state index contributed by atoms with van der Waals surface area (Å²) in [6.07, 6.45) is 0.520. The first-order valence-corrected chi connectivity index (χ1v) is 7.00. The zero-order valence-electron chi connectivity index (χ0n) is 10.8. The van der Waals surface area contributed by atoms with E-state index in [1.165, 1.54) is 11.8 Å². The van der Waals surface area contributed by atoms with Crippen LogP contribution in [0, 0.1) is 11.3 Å². The van der Waals surface area contributed by atoms with Crippen molar-refractivity contribution >= 4 is 28.5 Å². The van der Waals surface area contributed by atoms with Crippen molar-refractivity contribution in [3.63, 3.8) is 0 Å². The highest BCUT2D eigenvalue weighted by Crippen LogP contribution is 2.28. The molecule has 102 valence electrons. The van der Waals surface area contributed by atoms with E-state index in [2.05, 4.69) is 0 Å². The van der Waals surface area contributed by atoms with Crippen molar-refractivity contribution in [2.45, 2.75) is 6.42 Å². The number of nitrogens with zero attached hydrogens (tertiary/aromatic N) is 1. The lowest BCUT2D eigenvalue weighted by Gasteiger charge is -2.17. The number of anilines is 1. The van der Waals surface area contributed by atoms with Crippen LogP contribution in [0.1, 0.15) is 6.42 Å². The van der Waals surface area contributed by atoms with Gasteiger partial charge in [-0.3, -0.25) is 10.2 Å². The van der Waals surface area contributed by atoms with Crippen LogP contribution in [0.3, 0.4) is 0 Å². The Kier molecular flexibility index (Phi) is 4.31. The Hall–Kier alpha value is -1.69. The van der Waals surface area contributed by atoms with Crippen molar-refractivity contribution in [3.8, 4) is 5.75 Å². The standard InChI is InChI=1S/C13H17N3O2S/c1-18-11-4-2-10(3-5-11)16-7-9(6-12(16)17)8-19-13(14)15/h2-5,9H,6-8H2,1H3,(H3,14,15). The van der Waals surface area contributed by atoms with Crippen molar-refractivity contribution in [3.05, 3.63) is 24.3 Å². The van der Waals surface area contributed by atoms with Crippen molar-refractivity contribution in [2.24, 2.45) is 11.7 Å². The van der Waals surface area contributed by atoms with E-state index < -0.39 is 0 Å². The molecule has 5 nitrogen and oxygen atoms in total. The summed E-state index contributed by atoms with van der Waals surface area (Å²) in [5, 5.41) is 7.30. The Morgan fingerprint density at radius 3 is 2.79 bits per heavy atom. The summed E-state index contributed by atoms with van der Waals surface area (Å²) in [5.74, 6) is 1.87. The maximum absolute atomic E-state index is 12.0. The third-order valence-corrected chi connectivity index (χ3v) is 4.01. The molecule has 19 heavy (non-hydrogen) atoms. The fourth-order valence-corrected chi connectivity index (χ4v) is 2.75. The Balaban J connectivity index is 2.00. The lowest BCUT2D eigenvalue weighted by atomic mass is 10.1.